The summed E-state index contributed by atoms with van der Waals surface area (Å²) < 4.78 is 11.4. The zero-order chi connectivity index (χ0) is 12.5. The van der Waals surface area contributed by atoms with Crippen LogP contribution in [-0.2, 0) is 0 Å². The third-order valence-corrected chi connectivity index (χ3v) is 2.35. The molecule has 1 aromatic carbocycles. The average molecular weight is 234 g/mol. The van der Waals surface area contributed by atoms with Gasteiger partial charge in [-0.25, -0.2) is 0 Å². The molecule has 1 aromatic rings. The molecule has 92 valence electrons. The van der Waals surface area contributed by atoms with Crippen molar-refractivity contribution in [1.29, 1.82) is 0 Å². The summed E-state index contributed by atoms with van der Waals surface area (Å²) in [5, 5.41) is 0. The van der Waals surface area contributed by atoms with Gasteiger partial charge in [-0.05, 0) is 51.8 Å². The van der Waals surface area contributed by atoms with Crippen molar-refractivity contribution in [2.45, 2.75) is 45.3 Å². The van der Waals surface area contributed by atoms with Crippen molar-refractivity contribution < 1.29 is 14.3 Å². The maximum Gasteiger partial charge on any atom is 0.153 e. The van der Waals surface area contributed by atoms with Gasteiger partial charge in [0.05, 0.1) is 11.7 Å². The predicted octanol–water partition coefficient (Wildman–Crippen LogP) is 3.22. The molecule has 0 saturated heterocycles. The summed E-state index contributed by atoms with van der Waals surface area (Å²) in [6, 6.07) is 5.38. The van der Waals surface area contributed by atoms with Gasteiger partial charge in [0.2, 0.25) is 0 Å². The quantitative estimate of drug-likeness (QED) is 0.750. The molecule has 0 atom stereocenters. The van der Waals surface area contributed by atoms with E-state index in [1.165, 1.54) is 0 Å². The molecule has 3 nitrogen and oxygen atoms in total. The molecule has 0 aromatic heterocycles. The third-order valence-electron chi connectivity index (χ3n) is 2.35. The highest BCUT2D eigenvalue weighted by Crippen LogP contribution is 2.31. The van der Waals surface area contributed by atoms with Crippen LogP contribution in [0.3, 0.4) is 0 Å². The van der Waals surface area contributed by atoms with E-state index in [2.05, 4.69) is 0 Å². The Labute approximate surface area is 102 Å². The molecular weight excluding hydrogens is 216 g/mol. The van der Waals surface area contributed by atoms with Gasteiger partial charge >= 0.3 is 0 Å². The maximum atomic E-state index is 11.0. The van der Waals surface area contributed by atoms with Crippen molar-refractivity contribution in [3.63, 3.8) is 0 Å². The van der Waals surface area contributed by atoms with Crippen molar-refractivity contribution in [1.82, 2.24) is 0 Å². The van der Waals surface area contributed by atoms with Crippen molar-refractivity contribution in [2.24, 2.45) is 0 Å². The number of hydrogen-bond donors (Lipinski definition) is 0. The van der Waals surface area contributed by atoms with Crippen LogP contribution in [0.4, 0.5) is 0 Å². The van der Waals surface area contributed by atoms with Crippen LogP contribution in [0.5, 0.6) is 11.5 Å². The van der Waals surface area contributed by atoms with Gasteiger partial charge in [-0.15, -0.1) is 0 Å². The average Bonchev–Trinajstić information content (AvgIpc) is 3.02. The SMILES string of the molecule is CC(C)(C)Oc1ccc(OC2CC2)c(C=O)c1. The highest BCUT2D eigenvalue weighted by molar-refractivity contribution is 5.80. The molecule has 17 heavy (non-hydrogen) atoms. The fourth-order valence-corrected chi connectivity index (χ4v) is 1.51. The molecule has 0 aliphatic heterocycles. The Hall–Kier alpha value is -1.51. The smallest absolute Gasteiger partial charge is 0.153 e. The Balaban J connectivity index is 2.17. The zero-order valence-electron chi connectivity index (χ0n) is 10.5. The Morgan fingerprint density at radius 2 is 2.00 bits per heavy atom. The van der Waals surface area contributed by atoms with Crippen LogP contribution in [0.2, 0.25) is 0 Å². The topological polar surface area (TPSA) is 35.5 Å². The predicted molar refractivity (Wildman–Crippen MR) is 65.9 cm³/mol. The Kier molecular flexibility index (Phi) is 3.09. The summed E-state index contributed by atoms with van der Waals surface area (Å²) in [7, 11) is 0. The second-order valence-corrected chi connectivity index (χ2v) is 5.35. The Bertz CT molecular complexity index is 414. The minimum absolute atomic E-state index is 0.265. The van der Waals surface area contributed by atoms with E-state index in [0.717, 1.165) is 19.1 Å². The van der Waals surface area contributed by atoms with E-state index < -0.39 is 0 Å². The minimum Gasteiger partial charge on any atom is -0.490 e. The minimum atomic E-state index is -0.265. The van der Waals surface area contributed by atoms with Gasteiger partial charge in [-0.3, -0.25) is 4.79 Å². The lowest BCUT2D eigenvalue weighted by Gasteiger charge is -2.21. The lowest BCUT2D eigenvalue weighted by Crippen LogP contribution is -2.23. The Morgan fingerprint density at radius 3 is 2.53 bits per heavy atom. The van der Waals surface area contributed by atoms with Gasteiger partial charge in [0.15, 0.2) is 6.29 Å². The molecule has 0 radical (unpaired) electrons. The monoisotopic (exact) mass is 234 g/mol. The fourth-order valence-electron chi connectivity index (χ4n) is 1.51. The van der Waals surface area contributed by atoms with Crippen LogP contribution < -0.4 is 9.47 Å². The first-order valence-corrected chi connectivity index (χ1v) is 5.93. The number of aldehydes is 1. The zero-order valence-corrected chi connectivity index (χ0v) is 10.5. The molecule has 1 aliphatic rings. The first kappa shape index (κ1) is 12.0. The van der Waals surface area contributed by atoms with Crippen LogP contribution in [-0.4, -0.2) is 18.0 Å². The first-order chi connectivity index (χ1) is 7.98. The van der Waals surface area contributed by atoms with E-state index in [1.54, 1.807) is 6.07 Å². The van der Waals surface area contributed by atoms with E-state index in [1.807, 2.05) is 32.9 Å². The second kappa shape index (κ2) is 4.40. The van der Waals surface area contributed by atoms with Gasteiger partial charge in [0.1, 0.15) is 17.1 Å². The summed E-state index contributed by atoms with van der Waals surface area (Å²) in [5.74, 6) is 1.35. The van der Waals surface area contributed by atoms with Crippen molar-refractivity contribution in [3.05, 3.63) is 23.8 Å². The highest BCUT2D eigenvalue weighted by Gasteiger charge is 2.24. The summed E-state index contributed by atoms with van der Waals surface area (Å²) in [4.78, 5) is 11.0. The molecule has 0 amide bonds. The standard InChI is InChI=1S/C14H18O3/c1-14(2,3)17-12-6-7-13(10(8-12)9-15)16-11-4-5-11/h6-9,11H,4-5H2,1-3H3. The fraction of sp³-hybridized carbons (Fsp3) is 0.500. The number of carbonyl (C=O) groups is 1. The van der Waals surface area contributed by atoms with E-state index in [0.29, 0.717) is 23.2 Å². The molecule has 1 saturated carbocycles. The molecule has 0 unspecified atom stereocenters. The number of benzene rings is 1. The number of carbonyl (C=O) groups excluding carboxylic acids is 1. The van der Waals surface area contributed by atoms with Gasteiger partial charge in [0.25, 0.3) is 0 Å². The lowest BCUT2D eigenvalue weighted by atomic mass is 10.1. The van der Waals surface area contributed by atoms with E-state index in [9.17, 15) is 4.79 Å². The summed E-state index contributed by atoms with van der Waals surface area (Å²) >= 11 is 0. The van der Waals surface area contributed by atoms with E-state index in [-0.39, 0.29) is 5.60 Å². The highest BCUT2D eigenvalue weighted by atomic mass is 16.5. The van der Waals surface area contributed by atoms with E-state index >= 15 is 0 Å². The molecule has 1 fully saturated rings. The molecule has 2 rings (SSSR count). The number of hydrogen-bond acceptors (Lipinski definition) is 3. The lowest BCUT2D eigenvalue weighted by molar-refractivity contribution is 0.111. The van der Waals surface area contributed by atoms with Gasteiger partial charge in [-0.2, -0.15) is 0 Å². The molecule has 3 heteroatoms. The molecule has 0 N–H and O–H groups in total. The molecular formula is C14H18O3. The summed E-state index contributed by atoms with van der Waals surface area (Å²) in [6.07, 6.45) is 3.27. The summed E-state index contributed by atoms with van der Waals surface area (Å²) in [5.41, 5.74) is 0.289. The van der Waals surface area contributed by atoms with Gasteiger partial charge in [0, 0.05) is 0 Å². The largest absolute Gasteiger partial charge is 0.490 e. The molecule has 0 spiro atoms. The first-order valence-electron chi connectivity index (χ1n) is 5.93. The van der Waals surface area contributed by atoms with Crippen LogP contribution in [0, 0.1) is 0 Å². The van der Waals surface area contributed by atoms with Crippen molar-refractivity contribution in [3.8, 4) is 11.5 Å². The van der Waals surface area contributed by atoms with Crippen LogP contribution in [0.25, 0.3) is 0 Å². The van der Waals surface area contributed by atoms with Gasteiger partial charge in [-0.1, -0.05) is 0 Å². The van der Waals surface area contributed by atoms with Crippen molar-refractivity contribution >= 4 is 6.29 Å². The van der Waals surface area contributed by atoms with Gasteiger partial charge < -0.3 is 9.47 Å². The third kappa shape index (κ3) is 3.48. The van der Waals surface area contributed by atoms with Crippen LogP contribution in [0.15, 0.2) is 18.2 Å². The molecule has 0 bridgehead atoms. The number of rotatable bonds is 4. The van der Waals surface area contributed by atoms with Crippen LogP contribution in [0.1, 0.15) is 44.0 Å². The van der Waals surface area contributed by atoms with Crippen LogP contribution >= 0.6 is 0 Å². The summed E-state index contributed by atoms with van der Waals surface area (Å²) in [6.45, 7) is 5.92. The molecule has 0 heterocycles. The second-order valence-electron chi connectivity index (χ2n) is 5.35. The molecule has 1 aliphatic carbocycles. The Morgan fingerprint density at radius 1 is 1.29 bits per heavy atom. The normalized spacial score (nSPS) is 15.5. The van der Waals surface area contributed by atoms with Crippen molar-refractivity contribution in [2.75, 3.05) is 0 Å². The van der Waals surface area contributed by atoms with E-state index in [4.69, 9.17) is 9.47 Å². The number of ether oxygens (including phenoxy) is 2. The maximum absolute atomic E-state index is 11.0.